The number of carbonyl (C=O) groups is 1. The van der Waals surface area contributed by atoms with Crippen LogP contribution in [0.5, 0.6) is 0 Å². The molecule has 0 bridgehead atoms. The van der Waals surface area contributed by atoms with Crippen molar-refractivity contribution in [2.75, 3.05) is 0 Å². The lowest BCUT2D eigenvalue weighted by molar-refractivity contribution is -0.144. The van der Waals surface area contributed by atoms with Crippen molar-refractivity contribution in [1.82, 2.24) is 0 Å². The Morgan fingerprint density at radius 1 is 1.10 bits per heavy atom. The fourth-order valence-electron chi connectivity index (χ4n) is 4.92. The minimum atomic E-state index is -2.73. The maximum Gasteiger partial charge on any atom is 0.308 e. The van der Waals surface area contributed by atoms with Gasteiger partial charge in [-0.1, -0.05) is 94.4 Å². The fourth-order valence-corrected chi connectivity index (χ4v) is 9.60. The molecule has 3 atom stereocenters. The zero-order valence-electron chi connectivity index (χ0n) is 19.3. The van der Waals surface area contributed by atoms with E-state index in [1.165, 1.54) is 10.4 Å². The highest BCUT2D eigenvalue weighted by Gasteiger charge is 2.54. The van der Waals surface area contributed by atoms with E-state index in [4.69, 9.17) is 9.16 Å². The van der Waals surface area contributed by atoms with Crippen molar-refractivity contribution in [3.8, 4) is 0 Å². The summed E-state index contributed by atoms with van der Waals surface area (Å²) in [6, 6.07) is 21.2. The molecule has 3 rings (SSSR count). The zero-order valence-corrected chi connectivity index (χ0v) is 20.3. The molecule has 0 spiro atoms. The Bertz CT molecular complexity index is 818. The Labute approximate surface area is 188 Å². The van der Waals surface area contributed by atoms with Gasteiger partial charge in [-0.3, -0.25) is 4.79 Å². The molecule has 0 saturated carbocycles. The number of hydrogen-bond donors (Lipinski definition) is 0. The lowest BCUT2D eigenvalue weighted by Crippen LogP contribution is -2.68. The highest BCUT2D eigenvalue weighted by atomic mass is 28.4. The third kappa shape index (κ3) is 4.86. The molecule has 0 aliphatic carbocycles. The summed E-state index contributed by atoms with van der Waals surface area (Å²) in [5.41, 5.74) is 0. The summed E-state index contributed by atoms with van der Waals surface area (Å²) >= 11 is 0. The van der Waals surface area contributed by atoms with Gasteiger partial charge in [0.25, 0.3) is 8.32 Å². The number of carbonyl (C=O) groups excluding carboxylic acids is 1. The van der Waals surface area contributed by atoms with Gasteiger partial charge in [-0.05, 0) is 40.6 Å². The van der Waals surface area contributed by atoms with E-state index in [2.05, 4.69) is 82.8 Å². The smallest absolute Gasteiger partial charge is 0.308 e. The molecule has 1 aliphatic rings. The van der Waals surface area contributed by atoms with Gasteiger partial charge in [0, 0.05) is 0 Å². The summed E-state index contributed by atoms with van der Waals surface area (Å²) in [5.74, 6) is 0.123. The minimum absolute atomic E-state index is 0.130. The Balaban J connectivity index is 2.10. The van der Waals surface area contributed by atoms with Crippen LogP contribution < -0.4 is 10.4 Å². The highest BCUT2D eigenvalue weighted by molar-refractivity contribution is 6.99. The van der Waals surface area contributed by atoms with Crippen molar-refractivity contribution in [1.29, 1.82) is 0 Å². The van der Waals surface area contributed by atoms with Gasteiger partial charge in [-0.2, -0.15) is 0 Å². The number of cyclic esters (lactones) is 1. The summed E-state index contributed by atoms with van der Waals surface area (Å²) in [7, 11) is -2.73. The molecule has 0 N–H and O–H groups in total. The van der Waals surface area contributed by atoms with Crippen LogP contribution in [0, 0.1) is 5.92 Å². The van der Waals surface area contributed by atoms with Crippen LogP contribution in [0.2, 0.25) is 5.04 Å². The predicted molar refractivity (Wildman–Crippen MR) is 130 cm³/mol. The zero-order chi connectivity index (χ0) is 22.5. The SMILES string of the molecule is C=CCCC(CC)[C@@H]1OC(=O)C[C@@H]1O[Si](c1ccccc1)(c1ccccc1)C(C)(C)C. The Morgan fingerprint density at radius 3 is 2.10 bits per heavy atom. The molecule has 0 amide bonds. The van der Waals surface area contributed by atoms with Crippen LogP contribution in [-0.2, 0) is 14.0 Å². The van der Waals surface area contributed by atoms with Gasteiger partial charge >= 0.3 is 5.97 Å². The highest BCUT2D eigenvalue weighted by Crippen LogP contribution is 2.40. The molecule has 2 aromatic rings. The second-order valence-electron chi connectivity index (χ2n) is 9.51. The van der Waals surface area contributed by atoms with Crippen LogP contribution in [0.15, 0.2) is 73.3 Å². The number of esters is 1. The number of rotatable bonds is 9. The molecule has 31 heavy (non-hydrogen) atoms. The van der Waals surface area contributed by atoms with E-state index in [1.807, 2.05) is 18.2 Å². The molecule has 1 unspecified atom stereocenters. The second-order valence-corrected chi connectivity index (χ2v) is 13.8. The molecular weight excluding hydrogens is 400 g/mol. The minimum Gasteiger partial charge on any atom is -0.459 e. The third-order valence-corrected chi connectivity index (χ3v) is 11.5. The quantitative estimate of drug-likeness (QED) is 0.306. The maximum absolute atomic E-state index is 12.5. The average Bonchev–Trinajstić information content (AvgIpc) is 3.13. The Morgan fingerprint density at radius 2 is 1.65 bits per heavy atom. The lowest BCUT2D eigenvalue weighted by Gasteiger charge is -2.45. The summed E-state index contributed by atoms with van der Waals surface area (Å²) in [6.07, 6.45) is 4.63. The summed E-state index contributed by atoms with van der Waals surface area (Å²) in [4.78, 5) is 12.5. The van der Waals surface area contributed by atoms with Crippen LogP contribution in [0.25, 0.3) is 0 Å². The topological polar surface area (TPSA) is 35.5 Å². The third-order valence-electron chi connectivity index (χ3n) is 6.48. The summed E-state index contributed by atoms with van der Waals surface area (Å²) in [5, 5.41) is 2.33. The first-order valence-corrected chi connectivity index (χ1v) is 13.3. The summed E-state index contributed by atoms with van der Waals surface area (Å²) < 4.78 is 13.1. The number of allylic oxidation sites excluding steroid dienone is 1. The summed E-state index contributed by atoms with van der Waals surface area (Å²) in [6.45, 7) is 12.8. The van der Waals surface area contributed by atoms with Crippen molar-refractivity contribution >= 4 is 24.7 Å². The predicted octanol–water partition coefficient (Wildman–Crippen LogP) is 5.24. The fraction of sp³-hybridized carbons (Fsp3) is 0.444. The molecule has 1 heterocycles. The maximum atomic E-state index is 12.5. The molecule has 3 nitrogen and oxygen atoms in total. The van der Waals surface area contributed by atoms with E-state index < -0.39 is 8.32 Å². The lowest BCUT2D eigenvalue weighted by atomic mass is 9.91. The van der Waals surface area contributed by atoms with E-state index in [-0.39, 0.29) is 29.1 Å². The van der Waals surface area contributed by atoms with Crippen LogP contribution in [0.3, 0.4) is 0 Å². The average molecular weight is 437 g/mol. The van der Waals surface area contributed by atoms with Gasteiger partial charge in [-0.25, -0.2) is 0 Å². The van der Waals surface area contributed by atoms with Gasteiger partial charge in [0.15, 0.2) is 0 Å². The number of hydrogen-bond acceptors (Lipinski definition) is 3. The van der Waals surface area contributed by atoms with Gasteiger partial charge in [0.2, 0.25) is 0 Å². The van der Waals surface area contributed by atoms with E-state index in [0.717, 1.165) is 19.3 Å². The molecule has 1 saturated heterocycles. The largest absolute Gasteiger partial charge is 0.459 e. The second kappa shape index (κ2) is 9.97. The van der Waals surface area contributed by atoms with Gasteiger partial charge in [0.05, 0.1) is 12.5 Å². The van der Waals surface area contributed by atoms with Crippen LogP contribution in [0.1, 0.15) is 53.4 Å². The Hall–Kier alpha value is -2.17. The van der Waals surface area contributed by atoms with E-state index in [0.29, 0.717) is 6.42 Å². The molecular formula is C27H36O3Si. The molecule has 0 radical (unpaired) electrons. The van der Waals surface area contributed by atoms with E-state index >= 15 is 0 Å². The van der Waals surface area contributed by atoms with Crippen LogP contribution in [0.4, 0.5) is 0 Å². The molecule has 166 valence electrons. The molecule has 4 heteroatoms. The van der Waals surface area contributed by atoms with Crippen LogP contribution >= 0.6 is 0 Å². The van der Waals surface area contributed by atoms with Crippen molar-refractivity contribution in [2.45, 2.75) is 70.6 Å². The van der Waals surface area contributed by atoms with Gasteiger partial charge in [-0.15, -0.1) is 6.58 Å². The first kappa shape index (κ1) is 23.5. The molecule has 1 fully saturated rings. The molecule has 1 aliphatic heterocycles. The van der Waals surface area contributed by atoms with Gasteiger partial charge in [0.1, 0.15) is 6.10 Å². The van der Waals surface area contributed by atoms with Gasteiger partial charge < -0.3 is 9.16 Å². The standard InChI is InChI=1S/C27H36O3Si/c1-6-8-15-21(7-2)26-24(20-25(28)29-26)30-31(27(3,4)5,22-16-11-9-12-17-22)23-18-13-10-14-19-23/h6,9-14,16-19,21,24,26H,1,7-8,15,20H2,2-5H3/t21?,24-,26-/m0/s1. The van der Waals surface area contributed by atoms with E-state index in [1.54, 1.807) is 0 Å². The Kier molecular flexibility index (Phi) is 7.55. The van der Waals surface area contributed by atoms with Crippen molar-refractivity contribution < 1.29 is 14.0 Å². The molecule has 2 aromatic carbocycles. The number of benzene rings is 2. The first-order valence-electron chi connectivity index (χ1n) is 11.4. The van der Waals surface area contributed by atoms with Crippen molar-refractivity contribution in [3.05, 3.63) is 73.3 Å². The van der Waals surface area contributed by atoms with Crippen molar-refractivity contribution in [3.63, 3.8) is 0 Å². The van der Waals surface area contributed by atoms with Crippen molar-refractivity contribution in [2.24, 2.45) is 5.92 Å². The van der Waals surface area contributed by atoms with E-state index in [9.17, 15) is 4.79 Å². The first-order chi connectivity index (χ1) is 14.8. The number of ether oxygens (including phenoxy) is 1. The normalized spacial score (nSPS) is 20.3. The monoisotopic (exact) mass is 436 g/mol. The van der Waals surface area contributed by atoms with Crippen LogP contribution in [-0.4, -0.2) is 26.5 Å². The molecule has 0 aromatic heterocycles.